The summed E-state index contributed by atoms with van der Waals surface area (Å²) < 4.78 is 0. The van der Waals surface area contributed by atoms with E-state index in [1.165, 1.54) is 22.5 Å². The molecule has 3 aromatic rings. The van der Waals surface area contributed by atoms with Crippen LogP contribution >= 0.6 is 11.3 Å². The van der Waals surface area contributed by atoms with E-state index in [9.17, 15) is 4.79 Å². The van der Waals surface area contributed by atoms with Crippen molar-refractivity contribution in [1.82, 2.24) is 4.98 Å². The number of nitrogens with one attached hydrogen (secondary N) is 1. The number of carbonyl (C=O) groups is 1. The second kappa shape index (κ2) is 7.65. The van der Waals surface area contributed by atoms with Crippen molar-refractivity contribution < 1.29 is 4.79 Å². The lowest BCUT2D eigenvalue weighted by Gasteiger charge is -2.19. The molecule has 1 heterocycles. The Balaban J connectivity index is 1.78. The minimum absolute atomic E-state index is 0.0963. The van der Waals surface area contributed by atoms with Crippen molar-refractivity contribution in [1.29, 1.82) is 0 Å². The molecule has 3 nitrogen and oxygen atoms in total. The second-order valence-corrected chi connectivity index (χ2v) is 8.76. The average molecular weight is 379 g/mol. The summed E-state index contributed by atoms with van der Waals surface area (Å²) in [6, 6.07) is 16.4. The summed E-state index contributed by atoms with van der Waals surface area (Å²) in [7, 11) is 0. The molecule has 27 heavy (non-hydrogen) atoms. The molecule has 1 N–H and O–H groups in total. The zero-order valence-corrected chi connectivity index (χ0v) is 17.4. The third-order valence-corrected chi connectivity index (χ3v) is 5.83. The summed E-state index contributed by atoms with van der Waals surface area (Å²) >= 11 is 1.44. The van der Waals surface area contributed by atoms with E-state index in [0.29, 0.717) is 4.88 Å². The smallest absolute Gasteiger partial charge is 0.267 e. The minimum atomic E-state index is -0.107. The maximum atomic E-state index is 12.7. The van der Waals surface area contributed by atoms with Crippen molar-refractivity contribution in [2.24, 2.45) is 0 Å². The molecule has 3 rings (SSSR count). The Labute approximate surface area is 165 Å². The largest absolute Gasteiger partial charge is 0.321 e. The topological polar surface area (TPSA) is 42.0 Å². The highest BCUT2D eigenvalue weighted by atomic mass is 32.1. The molecule has 1 amide bonds. The molecule has 0 unspecified atom stereocenters. The van der Waals surface area contributed by atoms with E-state index in [-0.39, 0.29) is 11.3 Å². The lowest BCUT2D eigenvalue weighted by atomic mass is 9.87. The first-order valence-electron chi connectivity index (χ1n) is 9.26. The van der Waals surface area contributed by atoms with Crippen LogP contribution in [0.3, 0.4) is 0 Å². The van der Waals surface area contributed by atoms with Gasteiger partial charge in [0, 0.05) is 11.3 Å². The van der Waals surface area contributed by atoms with E-state index in [1.54, 1.807) is 0 Å². The molecule has 0 spiro atoms. The molecule has 0 atom stereocenters. The van der Waals surface area contributed by atoms with Gasteiger partial charge in [0.1, 0.15) is 9.88 Å². The molecule has 0 radical (unpaired) electrons. The van der Waals surface area contributed by atoms with Crippen LogP contribution in [0.1, 0.15) is 54.2 Å². The zero-order chi connectivity index (χ0) is 19.6. The number of benzene rings is 2. The monoisotopic (exact) mass is 378 g/mol. The van der Waals surface area contributed by atoms with Gasteiger partial charge in [-0.2, -0.15) is 0 Å². The summed E-state index contributed by atoms with van der Waals surface area (Å²) in [5.41, 5.74) is 5.25. The SMILES string of the molecule is CCc1ccc(-c2nc(C)c(C(=O)Nc3ccc(C(C)(C)C)cc3)s2)cc1. The second-order valence-electron chi connectivity index (χ2n) is 7.77. The molecule has 0 fully saturated rings. The third kappa shape index (κ3) is 4.45. The molecule has 0 saturated heterocycles. The highest BCUT2D eigenvalue weighted by Gasteiger charge is 2.17. The van der Waals surface area contributed by atoms with Crippen LogP contribution in [0.25, 0.3) is 10.6 Å². The fraction of sp³-hybridized carbons (Fsp3) is 0.304. The van der Waals surface area contributed by atoms with Gasteiger partial charge in [-0.1, -0.05) is 64.1 Å². The molecule has 140 valence electrons. The van der Waals surface area contributed by atoms with Crippen LogP contribution in [-0.2, 0) is 11.8 Å². The number of nitrogens with zero attached hydrogens (tertiary/aromatic N) is 1. The van der Waals surface area contributed by atoms with E-state index in [4.69, 9.17) is 0 Å². The molecule has 2 aromatic carbocycles. The lowest BCUT2D eigenvalue weighted by molar-refractivity contribution is 0.103. The summed E-state index contributed by atoms with van der Waals surface area (Å²) in [5, 5.41) is 3.87. The number of carbonyl (C=O) groups excluding carboxylic acids is 1. The van der Waals surface area contributed by atoms with Crippen LogP contribution in [-0.4, -0.2) is 10.9 Å². The van der Waals surface area contributed by atoms with E-state index in [2.05, 4.69) is 74.4 Å². The van der Waals surface area contributed by atoms with Crippen molar-refractivity contribution in [2.75, 3.05) is 5.32 Å². The fourth-order valence-corrected chi connectivity index (χ4v) is 3.82. The van der Waals surface area contributed by atoms with Gasteiger partial charge < -0.3 is 5.32 Å². The predicted molar refractivity (Wildman–Crippen MR) is 115 cm³/mol. The summed E-state index contributed by atoms with van der Waals surface area (Å²) in [6.07, 6.45) is 1.01. The Bertz CT molecular complexity index is 932. The molecule has 0 bridgehead atoms. The first-order valence-corrected chi connectivity index (χ1v) is 10.1. The first kappa shape index (κ1) is 19.3. The molecular formula is C23H26N2OS. The number of hydrogen-bond donors (Lipinski definition) is 1. The van der Waals surface area contributed by atoms with Crippen molar-refractivity contribution in [3.63, 3.8) is 0 Å². The number of amides is 1. The van der Waals surface area contributed by atoms with Gasteiger partial charge >= 0.3 is 0 Å². The zero-order valence-electron chi connectivity index (χ0n) is 16.6. The Morgan fingerprint density at radius 1 is 1.04 bits per heavy atom. The Hall–Kier alpha value is -2.46. The number of aryl methyl sites for hydroxylation is 2. The first-order chi connectivity index (χ1) is 12.8. The maximum absolute atomic E-state index is 12.7. The number of hydrogen-bond acceptors (Lipinski definition) is 3. The molecule has 0 saturated carbocycles. The Kier molecular flexibility index (Phi) is 5.47. The van der Waals surface area contributed by atoms with Gasteiger partial charge in [-0.3, -0.25) is 4.79 Å². The lowest BCUT2D eigenvalue weighted by Crippen LogP contribution is -2.13. The summed E-state index contributed by atoms with van der Waals surface area (Å²) in [5.74, 6) is -0.107. The van der Waals surface area contributed by atoms with Gasteiger partial charge in [0.15, 0.2) is 0 Å². The van der Waals surface area contributed by atoms with Gasteiger partial charge in [-0.05, 0) is 42.0 Å². The van der Waals surface area contributed by atoms with E-state index in [0.717, 1.165) is 28.4 Å². The average Bonchev–Trinajstić information content (AvgIpc) is 3.03. The van der Waals surface area contributed by atoms with Crippen LogP contribution in [0.15, 0.2) is 48.5 Å². The van der Waals surface area contributed by atoms with Crippen LogP contribution in [0, 0.1) is 6.92 Å². The normalized spacial score (nSPS) is 11.4. The van der Waals surface area contributed by atoms with Crippen molar-refractivity contribution >= 4 is 22.9 Å². The number of thiazole rings is 1. The number of rotatable bonds is 4. The van der Waals surface area contributed by atoms with E-state index < -0.39 is 0 Å². The number of aromatic nitrogens is 1. The Morgan fingerprint density at radius 3 is 2.22 bits per heavy atom. The van der Waals surface area contributed by atoms with Crippen molar-refractivity contribution in [3.8, 4) is 10.6 Å². The van der Waals surface area contributed by atoms with Crippen LogP contribution < -0.4 is 5.32 Å². The minimum Gasteiger partial charge on any atom is -0.321 e. The van der Waals surface area contributed by atoms with Crippen molar-refractivity contribution in [3.05, 3.63) is 70.2 Å². The van der Waals surface area contributed by atoms with Gasteiger partial charge in [0.05, 0.1) is 5.69 Å². The van der Waals surface area contributed by atoms with E-state index in [1.807, 2.05) is 19.1 Å². The quantitative estimate of drug-likeness (QED) is 0.584. The molecule has 0 aliphatic heterocycles. The van der Waals surface area contributed by atoms with Gasteiger partial charge in [-0.15, -0.1) is 11.3 Å². The van der Waals surface area contributed by atoms with Crippen LogP contribution in [0.2, 0.25) is 0 Å². The highest BCUT2D eigenvalue weighted by Crippen LogP contribution is 2.29. The fourth-order valence-electron chi connectivity index (χ4n) is 2.86. The summed E-state index contributed by atoms with van der Waals surface area (Å²) in [6.45, 7) is 10.6. The van der Waals surface area contributed by atoms with Crippen molar-refractivity contribution in [2.45, 2.75) is 46.5 Å². The molecule has 0 aliphatic carbocycles. The third-order valence-electron chi connectivity index (χ3n) is 4.62. The predicted octanol–water partition coefficient (Wildman–Crippen LogP) is 6.23. The van der Waals surface area contributed by atoms with Gasteiger partial charge in [0.25, 0.3) is 5.91 Å². The van der Waals surface area contributed by atoms with Gasteiger partial charge in [-0.25, -0.2) is 4.98 Å². The molecule has 1 aromatic heterocycles. The molecular weight excluding hydrogens is 352 g/mol. The standard InChI is InChI=1S/C23H26N2OS/c1-6-16-7-9-17(10-8-16)22-24-15(2)20(27-22)21(26)25-19-13-11-18(12-14-19)23(3,4)5/h7-14H,6H2,1-5H3,(H,25,26). The summed E-state index contributed by atoms with van der Waals surface area (Å²) in [4.78, 5) is 18.0. The number of anilines is 1. The highest BCUT2D eigenvalue weighted by molar-refractivity contribution is 7.17. The molecule has 4 heteroatoms. The van der Waals surface area contributed by atoms with Gasteiger partial charge in [0.2, 0.25) is 0 Å². The van der Waals surface area contributed by atoms with E-state index >= 15 is 0 Å². The Morgan fingerprint density at radius 2 is 1.67 bits per heavy atom. The maximum Gasteiger partial charge on any atom is 0.267 e. The van der Waals surface area contributed by atoms with Crippen LogP contribution in [0.5, 0.6) is 0 Å². The molecule has 0 aliphatic rings. The van der Waals surface area contributed by atoms with Crippen LogP contribution in [0.4, 0.5) is 5.69 Å².